The quantitative estimate of drug-likeness (QED) is 0.728. The van der Waals surface area contributed by atoms with E-state index in [9.17, 15) is 4.79 Å². The van der Waals surface area contributed by atoms with Crippen molar-refractivity contribution in [2.75, 3.05) is 26.2 Å². The van der Waals surface area contributed by atoms with Gasteiger partial charge in [0.1, 0.15) is 6.04 Å². The number of rotatable bonds is 5. The Morgan fingerprint density at radius 2 is 2.12 bits per heavy atom. The molecule has 0 aromatic carbocycles. The van der Waals surface area contributed by atoms with Crippen molar-refractivity contribution in [3.63, 3.8) is 0 Å². The van der Waals surface area contributed by atoms with Gasteiger partial charge in [-0.3, -0.25) is 4.79 Å². The number of fused-ring (bicyclic) bond motifs is 3. The Morgan fingerprint density at radius 1 is 1.41 bits per heavy atom. The first kappa shape index (κ1) is 12.8. The van der Waals surface area contributed by atoms with Crippen molar-refractivity contribution in [2.24, 2.45) is 5.92 Å². The average Bonchev–Trinajstić information content (AvgIpc) is 2.37. The highest BCUT2D eigenvalue weighted by Gasteiger charge is 2.35. The number of piperidine rings is 3. The number of carbonyl (C=O) groups is 1. The molecule has 2 bridgehead atoms. The molecular weight excluding hydrogens is 216 g/mol. The van der Waals surface area contributed by atoms with E-state index in [4.69, 9.17) is 4.74 Å². The molecule has 98 valence electrons. The highest BCUT2D eigenvalue weighted by molar-refractivity contribution is 5.75. The summed E-state index contributed by atoms with van der Waals surface area (Å²) in [6.07, 6.45) is 3.36. The van der Waals surface area contributed by atoms with Gasteiger partial charge in [0.15, 0.2) is 0 Å². The molecule has 2 unspecified atom stereocenters. The molecular formula is C13H24N2O2. The van der Waals surface area contributed by atoms with Crippen LogP contribution in [0.3, 0.4) is 0 Å². The van der Waals surface area contributed by atoms with Crippen LogP contribution in [0.4, 0.5) is 0 Å². The van der Waals surface area contributed by atoms with Crippen molar-refractivity contribution in [3.05, 3.63) is 0 Å². The van der Waals surface area contributed by atoms with Crippen LogP contribution in [0.2, 0.25) is 0 Å². The molecule has 4 heteroatoms. The lowest BCUT2D eigenvalue weighted by molar-refractivity contribution is -0.146. The van der Waals surface area contributed by atoms with Gasteiger partial charge in [0.05, 0.1) is 6.61 Å². The zero-order valence-corrected chi connectivity index (χ0v) is 10.9. The van der Waals surface area contributed by atoms with Crippen LogP contribution in [0.1, 0.15) is 33.1 Å². The van der Waals surface area contributed by atoms with Gasteiger partial charge in [-0.05, 0) is 45.2 Å². The Balaban J connectivity index is 1.88. The summed E-state index contributed by atoms with van der Waals surface area (Å²) in [6, 6.07) is 0.354. The summed E-state index contributed by atoms with van der Waals surface area (Å²) in [5, 5.41) is 3.51. The average molecular weight is 240 g/mol. The van der Waals surface area contributed by atoms with Crippen molar-refractivity contribution < 1.29 is 9.53 Å². The van der Waals surface area contributed by atoms with Gasteiger partial charge in [-0.25, -0.2) is 0 Å². The molecule has 17 heavy (non-hydrogen) atoms. The lowest BCUT2D eigenvalue weighted by Gasteiger charge is -2.45. The lowest BCUT2D eigenvalue weighted by atomic mass is 9.83. The predicted molar refractivity (Wildman–Crippen MR) is 66.8 cm³/mol. The minimum atomic E-state index is -0.125. The molecule has 3 aliphatic rings. The molecule has 0 aromatic rings. The first-order valence-electron chi connectivity index (χ1n) is 6.89. The number of nitrogens with zero attached hydrogens (tertiary/aromatic N) is 1. The summed E-state index contributed by atoms with van der Waals surface area (Å²) in [5.74, 6) is 0.662. The Bertz CT molecular complexity index is 262. The number of hydrogen-bond acceptors (Lipinski definition) is 4. The first-order valence-corrected chi connectivity index (χ1v) is 6.89. The molecule has 0 aliphatic carbocycles. The number of carbonyl (C=O) groups excluding carboxylic acids is 1. The van der Waals surface area contributed by atoms with E-state index >= 15 is 0 Å². The number of nitrogens with one attached hydrogen (secondary N) is 1. The van der Waals surface area contributed by atoms with Gasteiger partial charge in [-0.15, -0.1) is 0 Å². The molecule has 0 saturated carbocycles. The van der Waals surface area contributed by atoms with Crippen LogP contribution in [0.15, 0.2) is 0 Å². The van der Waals surface area contributed by atoms with E-state index in [1.165, 1.54) is 25.9 Å². The van der Waals surface area contributed by atoms with Gasteiger partial charge in [-0.1, -0.05) is 6.92 Å². The summed E-state index contributed by atoms with van der Waals surface area (Å²) in [5.41, 5.74) is 0. The first-order chi connectivity index (χ1) is 8.24. The molecule has 3 saturated heterocycles. The summed E-state index contributed by atoms with van der Waals surface area (Å²) >= 11 is 0. The van der Waals surface area contributed by atoms with E-state index in [0.717, 1.165) is 18.9 Å². The second kappa shape index (κ2) is 5.83. The maximum atomic E-state index is 11.8. The normalized spacial score (nSPS) is 33.4. The summed E-state index contributed by atoms with van der Waals surface area (Å²) in [6.45, 7) is 7.94. The highest BCUT2D eigenvalue weighted by atomic mass is 16.5. The van der Waals surface area contributed by atoms with Crippen LogP contribution in [0.25, 0.3) is 0 Å². The zero-order valence-electron chi connectivity index (χ0n) is 10.9. The molecule has 4 nitrogen and oxygen atoms in total. The minimum absolute atomic E-state index is 0.0913. The van der Waals surface area contributed by atoms with Gasteiger partial charge in [0.2, 0.25) is 0 Å². The second-order valence-corrected chi connectivity index (χ2v) is 5.12. The second-order valence-electron chi connectivity index (χ2n) is 5.12. The minimum Gasteiger partial charge on any atom is -0.465 e. The standard InChI is InChI=1S/C13H24N2O2/c1-3-11(13(16)17-4-2)14-12-9-15-7-5-10(12)6-8-15/h10-12,14H,3-9H2,1-2H3. The molecule has 3 heterocycles. The van der Waals surface area contributed by atoms with E-state index in [1.54, 1.807) is 0 Å². The number of esters is 1. The van der Waals surface area contributed by atoms with Crippen molar-refractivity contribution >= 4 is 5.97 Å². The van der Waals surface area contributed by atoms with E-state index < -0.39 is 0 Å². The third-order valence-electron chi connectivity index (χ3n) is 4.05. The molecule has 0 spiro atoms. The fourth-order valence-corrected chi connectivity index (χ4v) is 3.01. The Kier molecular flexibility index (Phi) is 4.40. The Hall–Kier alpha value is -0.610. The molecule has 1 N–H and O–H groups in total. The van der Waals surface area contributed by atoms with Crippen molar-refractivity contribution in [1.29, 1.82) is 0 Å². The van der Waals surface area contributed by atoms with E-state index in [1.807, 2.05) is 13.8 Å². The summed E-state index contributed by atoms with van der Waals surface area (Å²) < 4.78 is 5.10. The Morgan fingerprint density at radius 3 is 2.59 bits per heavy atom. The molecule has 3 rings (SSSR count). The zero-order chi connectivity index (χ0) is 12.3. The van der Waals surface area contributed by atoms with Gasteiger partial charge in [0.25, 0.3) is 0 Å². The smallest absolute Gasteiger partial charge is 0.323 e. The number of ether oxygens (including phenoxy) is 1. The van der Waals surface area contributed by atoms with Crippen LogP contribution in [-0.2, 0) is 9.53 Å². The number of hydrogen-bond donors (Lipinski definition) is 1. The van der Waals surface area contributed by atoms with Crippen LogP contribution in [0.5, 0.6) is 0 Å². The van der Waals surface area contributed by atoms with Crippen LogP contribution in [-0.4, -0.2) is 49.2 Å². The van der Waals surface area contributed by atoms with Crippen molar-refractivity contribution in [1.82, 2.24) is 10.2 Å². The van der Waals surface area contributed by atoms with Gasteiger partial charge < -0.3 is 15.0 Å². The topological polar surface area (TPSA) is 41.6 Å². The van der Waals surface area contributed by atoms with Gasteiger partial charge >= 0.3 is 5.97 Å². The highest BCUT2D eigenvalue weighted by Crippen LogP contribution is 2.27. The van der Waals surface area contributed by atoms with E-state index in [-0.39, 0.29) is 12.0 Å². The lowest BCUT2D eigenvalue weighted by Crippen LogP contribution is -2.59. The fourth-order valence-electron chi connectivity index (χ4n) is 3.01. The summed E-state index contributed by atoms with van der Waals surface area (Å²) in [7, 11) is 0. The van der Waals surface area contributed by atoms with E-state index in [0.29, 0.717) is 12.6 Å². The third kappa shape index (κ3) is 2.99. The van der Waals surface area contributed by atoms with Crippen LogP contribution in [0, 0.1) is 5.92 Å². The SMILES string of the molecule is CCOC(=O)C(CC)NC1CN2CCC1CC2. The van der Waals surface area contributed by atoms with Gasteiger partial charge in [0, 0.05) is 12.6 Å². The van der Waals surface area contributed by atoms with Crippen LogP contribution < -0.4 is 5.32 Å². The van der Waals surface area contributed by atoms with Crippen molar-refractivity contribution in [2.45, 2.75) is 45.2 Å². The van der Waals surface area contributed by atoms with Crippen LogP contribution >= 0.6 is 0 Å². The maximum absolute atomic E-state index is 11.8. The molecule has 0 radical (unpaired) electrons. The third-order valence-corrected chi connectivity index (χ3v) is 4.05. The molecule has 3 aliphatic heterocycles. The molecule has 0 aromatic heterocycles. The summed E-state index contributed by atoms with van der Waals surface area (Å²) in [4.78, 5) is 14.3. The largest absolute Gasteiger partial charge is 0.465 e. The molecule has 0 amide bonds. The van der Waals surface area contributed by atoms with Gasteiger partial charge in [-0.2, -0.15) is 0 Å². The monoisotopic (exact) mass is 240 g/mol. The fraction of sp³-hybridized carbons (Fsp3) is 0.923. The molecule has 2 atom stereocenters. The maximum Gasteiger partial charge on any atom is 0.323 e. The molecule has 3 fully saturated rings. The predicted octanol–water partition coefficient (Wildman–Crippen LogP) is 1.01. The van der Waals surface area contributed by atoms with E-state index in [2.05, 4.69) is 10.2 Å². The Labute approximate surface area is 104 Å². The van der Waals surface area contributed by atoms with Crippen molar-refractivity contribution in [3.8, 4) is 0 Å².